The minimum atomic E-state index is 0.440. The quantitative estimate of drug-likeness (QED) is 0.0829. The molecule has 0 saturated carbocycles. The molecule has 366 valence electrons. The van der Waals surface area contributed by atoms with Crippen LogP contribution in [0, 0.1) is 0 Å². The topological polar surface area (TPSA) is 53.2 Å². The lowest BCUT2D eigenvalue weighted by Crippen LogP contribution is -2.04. The van der Waals surface area contributed by atoms with E-state index in [4.69, 9.17) is 10.7 Å². The molecule has 3 aromatic heterocycles. The number of fused-ring (bicyclic) bond motifs is 9. The lowest BCUT2D eigenvalue weighted by Gasteiger charge is -2.14. The van der Waals surface area contributed by atoms with Crippen LogP contribution in [0.2, 0.25) is 0 Å². The van der Waals surface area contributed by atoms with Gasteiger partial charge in [0.05, 0.1) is 45.4 Å². The fourth-order valence-electron chi connectivity index (χ4n) is 10.6. The van der Waals surface area contributed by atoms with Crippen molar-refractivity contribution in [2.24, 2.45) is 10.7 Å². The molecule has 0 radical (unpaired) electrons. The Bertz CT molecular complexity index is 4300. The Morgan fingerprint density at radius 2 is 0.842 bits per heavy atom. The van der Waals surface area contributed by atoms with Crippen LogP contribution < -0.4 is 5.73 Å². The minimum absolute atomic E-state index is 0.440. The fourth-order valence-corrected chi connectivity index (χ4v) is 10.6. The average molecular weight is 980 g/mol. The summed E-state index contributed by atoms with van der Waals surface area (Å²) in [5.41, 5.74) is 24.1. The number of nitrogens with zero attached hydrogens (tertiary/aromatic N) is 4. The Hall–Kier alpha value is -9.97. The lowest BCUT2D eigenvalue weighted by molar-refractivity contribution is 1.07. The van der Waals surface area contributed by atoms with Gasteiger partial charge in [-0.15, -0.1) is 6.58 Å². The zero-order valence-corrected chi connectivity index (χ0v) is 42.6. The number of hydrogen-bond donors (Lipinski definition) is 1. The van der Waals surface area contributed by atoms with Crippen molar-refractivity contribution in [3.8, 4) is 28.2 Å². The van der Waals surface area contributed by atoms with Crippen LogP contribution in [0.3, 0.4) is 0 Å². The molecular formula is C71H57N5. The van der Waals surface area contributed by atoms with E-state index >= 15 is 0 Å². The number of benzene rings is 10. The molecular weight excluding hydrogens is 923 g/mol. The Balaban J connectivity index is 0.000000834. The third-order valence-electron chi connectivity index (χ3n) is 13.9. The van der Waals surface area contributed by atoms with Crippen molar-refractivity contribution in [2.45, 2.75) is 13.5 Å². The minimum Gasteiger partial charge on any atom is -0.398 e. The maximum absolute atomic E-state index is 6.81. The highest BCUT2D eigenvalue weighted by molar-refractivity contribution is 6.19. The van der Waals surface area contributed by atoms with Gasteiger partial charge in [-0.2, -0.15) is 0 Å². The van der Waals surface area contributed by atoms with Gasteiger partial charge in [-0.05, 0) is 120 Å². The molecule has 0 spiro atoms. The van der Waals surface area contributed by atoms with E-state index in [0.29, 0.717) is 12.2 Å². The molecule has 2 N–H and O–H groups in total. The SMILES string of the molecule is C=CC.C=CC=C.N/C(=C\C(=NCc1ccc2c(c1-c1ccc3c(c1)c1ccccc1n3-c1ccc3c(c1)c1ccccc1n3-c1ccccc1)c1ccccc1n2-c1ccccc1)c1ccccc1)c1ccccc1. The summed E-state index contributed by atoms with van der Waals surface area (Å²) in [5, 5.41) is 7.23. The average Bonchev–Trinajstić information content (AvgIpc) is 4.20. The highest BCUT2D eigenvalue weighted by Gasteiger charge is 2.22. The van der Waals surface area contributed by atoms with Crippen molar-refractivity contribution in [2.75, 3.05) is 0 Å². The summed E-state index contributed by atoms with van der Waals surface area (Å²) in [4.78, 5) is 5.44. The van der Waals surface area contributed by atoms with Crippen LogP contribution in [-0.2, 0) is 6.54 Å². The summed E-state index contributed by atoms with van der Waals surface area (Å²) in [7, 11) is 0. The Kier molecular flexibility index (Phi) is 13.7. The standard InChI is InChI=1S/C64H45N5.C4H6.C3H6/c65-55(43-19-5-1-6-20-43)41-56(44-21-7-2-8-22-44)66-42-46-34-37-62-64(52-29-15-18-32-59(52)68(62)48-25-11-4-12-26-48)63(46)45-33-36-60-53(39-45)50-27-13-17-31-58(50)69(60)49-35-38-61-54(40-49)51-28-14-16-30-57(51)67(61)47-23-9-3-10-24-47;1-3-4-2;1-3-2/h1-41H,42,65H2;3-4H,1-2H2;3H,1H2,2H3/b55-41-,66-56?;;. The highest BCUT2D eigenvalue weighted by atomic mass is 15.0. The summed E-state index contributed by atoms with van der Waals surface area (Å²) in [6.45, 7) is 12.4. The van der Waals surface area contributed by atoms with Gasteiger partial charge in [-0.3, -0.25) is 4.99 Å². The number of aliphatic imine (C=N–C) groups is 1. The summed E-state index contributed by atoms with van der Waals surface area (Å²) in [5.74, 6) is 0. The van der Waals surface area contributed by atoms with Gasteiger partial charge in [-0.1, -0.05) is 195 Å². The second-order valence-electron chi connectivity index (χ2n) is 18.6. The molecule has 3 heterocycles. The Morgan fingerprint density at radius 3 is 1.41 bits per heavy atom. The van der Waals surface area contributed by atoms with Crippen molar-refractivity contribution in [3.63, 3.8) is 0 Å². The number of nitrogens with two attached hydrogens (primary N) is 1. The van der Waals surface area contributed by atoms with Crippen LogP contribution in [0.15, 0.2) is 292 Å². The van der Waals surface area contributed by atoms with E-state index in [2.05, 4.69) is 240 Å². The van der Waals surface area contributed by atoms with E-state index in [1.165, 1.54) is 48.9 Å². The summed E-state index contributed by atoms with van der Waals surface area (Å²) in [6, 6.07) is 86.7. The molecule has 13 rings (SSSR count). The molecule has 0 amide bonds. The Morgan fingerprint density at radius 1 is 0.421 bits per heavy atom. The summed E-state index contributed by atoms with van der Waals surface area (Å²) < 4.78 is 7.21. The molecule has 0 bridgehead atoms. The van der Waals surface area contributed by atoms with Crippen molar-refractivity contribution in [1.29, 1.82) is 0 Å². The second kappa shape index (κ2) is 21.6. The number of hydrogen-bond acceptors (Lipinski definition) is 2. The van der Waals surface area contributed by atoms with Gasteiger partial charge < -0.3 is 19.4 Å². The molecule has 0 fully saturated rings. The molecule has 0 aliphatic rings. The number of para-hydroxylation sites is 5. The van der Waals surface area contributed by atoms with Crippen molar-refractivity contribution >= 4 is 76.8 Å². The molecule has 0 aliphatic heterocycles. The van der Waals surface area contributed by atoms with Gasteiger partial charge in [0, 0.05) is 55.1 Å². The monoisotopic (exact) mass is 979 g/mol. The van der Waals surface area contributed by atoms with E-state index < -0.39 is 0 Å². The van der Waals surface area contributed by atoms with Crippen molar-refractivity contribution in [1.82, 2.24) is 13.7 Å². The van der Waals surface area contributed by atoms with Crippen LogP contribution in [0.4, 0.5) is 0 Å². The number of rotatable bonds is 10. The van der Waals surface area contributed by atoms with Gasteiger partial charge in [0.25, 0.3) is 0 Å². The van der Waals surface area contributed by atoms with Crippen molar-refractivity contribution < 1.29 is 0 Å². The molecule has 13 aromatic rings. The zero-order valence-electron chi connectivity index (χ0n) is 42.6. The molecule has 0 unspecified atom stereocenters. The second-order valence-corrected chi connectivity index (χ2v) is 18.6. The van der Waals surface area contributed by atoms with Gasteiger partial charge in [0.15, 0.2) is 0 Å². The van der Waals surface area contributed by atoms with E-state index in [1.54, 1.807) is 18.2 Å². The normalized spacial score (nSPS) is 11.6. The maximum Gasteiger partial charge on any atom is 0.0671 e. The number of allylic oxidation sites excluding steroid dienone is 4. The summed E-state index contributed by atoms with van der Waals surface area (Å²) in [6.07, 6.45) is 7.04. The van der Waals surface area contributed by atoms with Gasteiger partial charge in [0.1, 0.15) is 0 Å². The predicted octanol–water partition coefficient (Wildman–Crippen LogP) is 18.2. The molecule has 76 heavy (non-hydrogen) atoms. The van der Waals surface area contributed by atoms with E-state index in [9.17, 15) is 0 Å². The first-order chi connectivity index (χ1) is 37.5. The van der Waals surface area contributed by atoms with Crippen molar-refractivity contribution in [3.05, 3.63) is 303 Å². The van der Waals surface area contributed by atoms with Gasteiger partial charge in [-0.25, -0.2) is 0 Å². The first-order valence-corrected chi connectivity index (χ1v) is 25.7. The van der Waals surface area contributed by atoms with Crippen LogP contribution in [-0.4, -0.2) is 19.4 Å². The zero-order chi connectivity index (χ0) is 52.0. The first kappa shape index (κ1) is 48.3. The molecule has 0 aliphatic carbocycles. The lowest BCUT2D eigenvalue weighted by atomic mass is 9.93. The molecule has 0 saturated heterocycles. The smallest absolute Gasteiger partial charge is 0.0671 e. The van der Waals surface area contributed by atoms with Crippen LogP contribution in [0.1, 0.15) is 23.6 Å². The van der Waals surface area contributed by atoms with E-state index in [1.807, 2.05) is 49.4 Å². The Labute approximate surface area is 444 Å². The third-order valence-corrected chi connectivity index (χ3v) is 13.9. The van der Waals surface area contributed by atoms with E-state index in [-0.39, 0.29) is 0 Å². The largest absolute Gasteiger partial charge is 0.398 e. The van der Waals surface area contributed by atoms with E-state index in [0.717, 1.165) is 67.1 Å². The van der Waals surface area contributed by atoms with Crippen LogP contribution >= 0.6 is 0 Å². The van der Waals surface area contributed by atoms with Gasteiger partial charge in [0.2, 0.25) is 0 Å². The number of aromatic nitrogens is 3. The molecule has 0 atom stereocenters. The molecule has 5 nitrogen and oxygen atoms in total. The molecule has 5 heteroatoms. The first-order valence-electron chi connectivity index (χ1n) is 25.7. The third kappa shape index (κ3) is 9.01. The van der Waals surface area contributed by atoms with Crippen LogP contribution in [0.25, 0.3) is 99.3 Å². The van der Waals surface area contributed by atoms with Gasteiger partial charge >= 0.3 is 0 Å². The fraction of sp³-hybridized carbons (Fsp3) is 0.0282. The maximum atomic E-state index is 6.81. The molecule has 10 aromatic carbocycles. The summed E-state index contributed by atoms with van der Waals surface area (Å²) >= 11 is 0. The highest BCUT2D eigenvalue weighted by Crippen LogP contribution is 2.44. The van der Waals surface area contributed by atoms with Crippen LogP contribution in [0.5, 0.6) is 0 Å². The predicted molar refractivity (Wildman–Crippen MR) is 326 cm³/mol.